The number of hydrogen-bond donors (Lipinski definition) is 1. The molecular weight excluding hydrogens is 192 g/mol. The zero-order chi connectivity index (χ0) is 11.3. The second-order valence-corrected chi connectivity index (χ2v) is 4.49. The van der Waals surface area contributed by atoms with Crippen LogP contribution in [0.15, 0.2) is 0 Å². The third kappa shape index (κ3) is 3.80. The Morgan fingerprint density at radius 2 is 1.93 bits per heavy atom. The highest BCUT2D eigenvalue weighted by molar-refractivity contribution is 5.78. The molecule has 1 aliphatic carbocycles. The molecule has 0 aromatic carbocycles. The number of aliphatic hydroxyl groups is 1. The molecule has 0 bridgehead atoms. The van der Waals surface area contributed by atoms with Gasteiger partial charge in [-0.15, -0.1) is 0 Å². The van der Waals surface area contributed by atoms with Crippen LogP contribution in [-0.2, 0) is 4.79 Å². The van der Waals surface area contributed by atoms with E-state index >= 15 is 0 Å². The lowest BCUT2D eigenvalue weighted by Crippen LogP contribution is -2.44. The van der Waals surface area contributed by atoms with Crippen LogP contribution in [0.3, 0.4) is 0 Å². The fourth-order valence-electron chi connectivity index (χ4n) is 2.20. The minimum absolute atomic E-state index is 0.0651. The lowest BCUT2D eigenvalue weighted by molar-refractivity contribution is -0.134. The van der Waals surface area contributed by atoms with Crippen molar-refractivity contribution in [3.05, 3.63) is 0 Å². The highest BCUT2D eigenvalue weighted by Gasteiger charge is 2.25. The van der Waals surface area contributed by atoms with Gasteiger partial charge in [-0.3, -0.25) is 4.79 Å². The third-order valence-electron chi connectivity index (χ3n) is 2.88. The number of hydrogen-bond acceptors (Lipinski definition) is 3. The van der Waals surface area contributed by atoms with Gasteiger partial charge in [-0.05, 0) is 26.9 Å². The van der Waals surface area contributed by atoms with Crippen molar-refractivity contribution in [2.45, 2.75) is 31.7 Å². The number of nitrogens with zero attached hydrogens (tertiary/aromatic N) is 2. The van der Waals surface area contributed by atoms with Crippen molar-refractivity contribution in [1.82, 2.24) is 9.80 Å². The molecule has 1 amide bonds. The highest BCUT2D eigenvalue weighted by atomic mass is 16.3. The zero-order valence-corrected chi connectivity index (χ0v) is 9.78. The van der Waals surface area contributed by atoms with Crippen molar-refractivity contribution >= 4 is 5.91 Å². The molecule has 4 nitrogen and oxygen atoms in total. The van der Waals surface area contributed by atoms with Crippen molar-refractivity contribution in [2.24, 2.45) is 0 Å². The van der Waals surface area contributed by atoms with E-state index in [1.807, 2.05) is 23.9 Å². The predicted octanol–water partition coefficient (Wildman–Crippen LogP) is 0.311. The number of likely N-dealkylation sites (N-methyl/N-ethyl adjacent to an activating group) is 1. The molecule has 1 aliphatic rings. The van der Waals surface area contributed by atoms with E-state index in [0.717, 1.165) is 12.8 Å². The Labute approximate surface area is 91.9 Å². The summed E-state index contributed by atoms with van der Waals surface area (Å²) in [7, 11) is 3.79. The lowest BCUT2D eigenvalue weighted by Gasteiger charge is -2.29. The summed E-state index contributed by atoms with van der Waals surface area (Å²) in [6.45, 7) is 0.990. The van der Waals surface area contributed by atoms with E-state index in [1.54, 1.807) is 0 Å². The van der Waals surface area contributed by atoms with E-state index in [2.05, 4.69) is 0 Å². The number of aliphatic hydroxyl groups excluding tert-OH is 1. The van der Waals surface area contributed by atoms with Gasteiger partial charge in [-0.2, -0.15) is 0 Å². The fourth-order valence-corrected chi connectivity index (χ4v) is 2.20. The number of rotatable bonds is 5. The first-order valence-corrected chi connectivity index (χ1v) is 5.70. The normalized spacial score (nSPS) is 17.3. The van der Waals surface area contributed by atoms with Crippen LogP contribution in [0.4, 0.5) is 0 Å². The zero-order valence-electron chi connectivity index (χ0n) is 9.78. The Hall–Kier alpha value is -0.610. The Bertz CT molecular complexity index is 201. The molecule has 0 spiro atoms. The molecule has 0 aromatic rings. The van der Waals surface area contributed by atoms with Crippen molar-refractivity contribution < 1.29 is 9.90 Å². The van der Waals surface area contributed by atoms with E-state index in [4.69, 9.17) is 5.11 Å². The van der Waals surface area contributed by atoms with Crippen molar-refractivity contribution in [3.63, 3.8) is 0 Å². The van der Waals surface area contributed by atoms with E-state index in [0.29, 0.717) is 19.1 Å². The van der Waals surface area contributed by atoms with Gasteiger partial charge >= 0.3 is 0 Å². The summed E-state index contributed by atoms with van der Waals surface area (Å²) < 4.78 is 0. The van der Waals surface area contributed by atoms with E-state index in [1.165, 1.54) is 12.8 Å². The van der Waals surface area contributed by atoms with Crippen LogP contribution in [0.2, 0.25) is 0 Å². The average Bonchev–Trinajstić information content (AvgIpc) is 2.65. The second-order valence-electron chi connectivity index (χ2n) is 4.49. The summed E-state index contributed by atoms with van der Waals surface area (Å²) >= 11 is 0. The summed E-state index contributed by atoms with van der Waals surface area (Å²) in [6.07, 6.45) is 4.61. The Morgan fingerprint density at radius 1 is 1.33 bits per heavy atom. The average molecular weight is 214 g/mol. The van der Waals surface area contributed by atoms with Crippen LogP contribution in [0.25, 0.3) is 0 Å². The molecule has 1 rings (SSSR count). The summed E-state index contributed by atoms with van der Waals surface area (Å²) in [5.74, 6) is 0.140. The van der Waals surface area contributed by atoms with Gasteiger partial charge in [0.05, 0.1) is 13.2 Å². The molecule has 0 radical (unpaired) electrons. The summed E-state index contributed by atoms with van der Waals surface area (Å²) in [5, 5.41) is 8.97. The van der Waals surface area contributed by atoms with Crippen LogP contribution in [0.5, 0.6) is 0 Å². The third-order valence-corrected chi connectivity index (χ3v) is 2.88. The number of amides is 1. The monoisotopic (exact) mass is 214 g/mol. The molecule has 15 heavy (non-hydrogen) atoms. The van der Waals surface area contributed by atoms with Gasteiger partial charge in [-0.1, -0.05) is 12.8 Å². The van der Waals surface area contributed by atoms with Gasteiger partial charge in [-0.25, -0.2) is 0 Å². The standard InChI is InChI=1S/C11H22N2O2/c1-12(2)9-11(15)13(7-8-14)10-5-3-4-6-10/h10,14H,3-9H2,1-2H3. The molecule has 4 heteroatoms. The summed E-state index contributed by atoms with van der Waals surface area (Å²) in [6, 6.07) is 0.365. The molecule has 1 N–H and O–H groups in total. The molecule has 0 heterocycles. The smallest absolute Gasteiger partial charge is 0.237 e. The first kappa shape index (κ1) is 12.5. The van der Waals surface area contributed by atoms with E-state index in [9.17, 15) is 4.79 Å². The maximum atomic E-state index is 11.9. The minimum Gasteiger partial charge on any atom is -0.395 e. The van der Waals surface area contributed by atoms with Crippen molar-refractivity contribution in [1.29, 1.82) is 0 Å². The molecule has 0 aromatic heterocycles. The SMILES string of the molecule is CN(C)CC(=O)N(CCO)C1CCCC1. The molecule has 1 fully saturated rings. The number of carbonyl (C=O) groups excluding carboxylic acids is 1. The van der Waals surface area contributed by atoms with Crippen LogP contribution in [-0.4, -0.2) is 60.6 Å². The second kappa shape index (κ2) is 6.08. The van der Waals surface area contributed by atoms with Gasteiger partial charge < -0.3 is 14.9 Å². The first-order valence-electron chi connectivity index (χ1n) is 5.70. The highest BCUT2D eigenvalue weighted by Crippen LogP contribution is 2.23. The van der Waals surface area contributed by atoms with Crippen LogP contribution >= 0.6 is 0 Å². The van der Waals surface area contributed by atoms with Crippen molar-refractivity contribution in [3.8, 4) is 0 Å². The Kier molecular flexibility index (Phi) is 5.05. The maximum Gasteiger partial charge on any atom is 0.237 e. The van der Waals surface area contributed by atoms with E-state index in [-0.39, 0.29) is 12.5 Å². The minimum atomic E-state index is 0.0651. The molecule has 0 aliphatic heterocycles. The van der Waals surface area contributed by atoms with Crippen LogP contribution in [0, 0.1) is 0 Å². The fraction of sp³-hybridized carbons (Fsp3) is 0.909. The molecule has 0 atom stereocenters. The number of carbonyl (C=O) groups is 1. The maximum absolute atomic E-state index is 11.9. The summed E-state index contributed by atoms with van der Waals surface area (Å²) in [5.41, 5.74) is 0. The topological polar surface area (TPSA) is 43.8 Å². The summed E-state index contributed by atoms with van der Waals surface area (Å²) in [4.78, 5) is 15.6. The van der Waals surface area contributed by atoms with Gasteiger partial charge in [0.2, 0.25) is 5.91 Å². The quantitative estimate of drug-likeness (QED) is 0.716. The molecule has 0 unspecified atom stereocenters. The Balaban J connectivity index is 2.51. The molecular formula is C11H22N2O2. The molecule has 0 saturated heterocycles. The van der Waals surface area contributed by atoms with Gasteiger partial charge in [0.1, 0.15) is 0 Å². The predicted molar refractivity (Wildman–Crippen MR) is 59.6 cm³/mol. The van der Waals surface area contributed by atoms with E-state index < -0.39 is 0 Å². The Morgan fingerprint density at radius 3 is 2.40 bits per heavy atom. The van der Waals surface area contributed by atoms with Crippen molar-refractivity contribution in [2.75, 3.05) is 33.8 Å². The first-order chi connectivity index (χ1) is 7.15. The van der Waals surface area contributed by atoms with Gasteiger partial charge in [0.15, 0.2) is 0 Å². The molecule has 1 saturated carbocycles. The van der Waals surface area contributed by atoms with Gasteiger partial charge in [0, 0.05) is 12.6 Å². The lowest BCUT2D eigenvalue weighted by atomic mass is 10.2. The largest absolute Gasteiger partial charge is 0.395 e. The molecule has 88 valence electrons. The van der Waals surface area contributed by atoms with Crippen LogP contribution in [0.1, 0.15) is 25.7 Å². The van der Waals surface area contributed by atoms with Crippen LogP contribution < -0.4 is 0 Å². The van der Waals surface area contributed by atoms with Gasteiger partial charge in [0.25, 0.3) is 0 Å².